The van der Waals surface area contributed by atoms with Gasteiger partial charge in [0.15, 0.2) is 5.78 Å². The van der Waals surface area contributed by atoms with Crippen LogP contribution in [0.2, 0.25) is 0 Å². The number of likely N-dealkylation sites (tertiary alicyclic amines) is 1. The highest BCUT2D eigenvalue weighted by atomic mass is 79.9. The molecule has 25 heavy (non-hydrogen) atoms. The smallest absolute Gasteiger partial charge is 0.223 e. The van der Waals surface area contributed by atoms with Crippen molar-refractivity contribution in [3.8, 4) is 0 Å². The summed E-state index contributed by atoms with van der Waals surface area (Å²) in [5.74, 6) is 0.165. The average Bonchev–Trinajstić information content (AvgIpc) is 3.19. The van der Waals surface area contributed by atoms with Gasteiger partial charge in [-0.3, -0.25) is 9.59 Å². The molecule has 0 radical (unpaired) electrons. The number of nitrogens with zero attached hydrogens (tertiary/aromatic N) is 1. The molecule has 1 amide bonds. The van der Waals surface area contributed by atoms with Gasteiger partial charge in [-0.25, -0.2) is 0 Å². The highest BCUT2D eigenvalue weighted by Crippen LogP contribution is 2.33. The molecule has 132 valence electrons. The number of halogens is 1. The van der Waals surface area contributed by atoms with Crippen LogP contribution >= 0.6 is 27.3 Å². The zero-order chi connectivity index (χ0) is 18.0. The van der Waals surface area contributed by atoms with Crippen molar-refractivity contribution in [3.63, 3.8) is 0 Å². The second-order valence-corrected chi connectivity index (χ2v) is 8.92. The molecule has 1 fully saturated rings. The Balaban J connectivity index is 1.63. The average molecular weight is 420 g/mol. The summed E-state index contributed by atoms with van der Waals surface area (Å²) in [4.78, 5) is 29.2. The monoisotopic (exact) mass is 419 g/mol. The van der Waals surface area contributed by atoms with Crippen LogP contribution in [0.25, 0.3) is 0 Å². The van der Waals surface area contributed by atoms with E-state index in [1.165, 1.54) is 5.56 Å². The van der Waals surface area contributed by atoms with Crippen LogP contribution in [0.15, 0.2) is 34.8 Å². The summed E-state index contributed by atoms with van der Waals surface area (Å²) in [6, 6.07) is 10.3. The van der Waals surface area contributed by atoms with E-state index in [2.05, 4.69) is 28.1 Å². The van der Waals surface area contributed by atoms with Gasteiger partial charge in [-0.05, 0) is 50.5 Å². The fraction of sp³-hybridized carbons (Fsp3) is 0.400. The lowest BCUT2D eigenvalue weighted by Gasteiger charge is -2.25. The molecule has 5 heteroatoms. The fourth-order valence-electron chi connectivity index (χ4n) is 3.50. The van der Waals surface area contributed by atoms with E-state index in [0.717, 1.165) is 39.2 Å². The maximum Gasteiger partial charge on any atom is 0.223 e. The van der Waals surface area contributed by atoms with Gasteiger partial charge >= 0.3 is 0 Å². The highest BCUT2D eigenvalue weighted by Gasteiger charge is 2.30. The molecule has 1 aliphatic heterocycles. The van der Waals surface area contributed by atoms with E-state index < -0.39 is 0 Å². The van der Waals surface area contributed by atoms with Gasteiger partial charge < -0.3 is 4.90 Å². The topological polar surface area (TPSA) is 37.4 Å². The summed E-state index contributed by atoms with van der Waals surface area (Å²) < 4.78 is 1.04. The number of amides is 1. The molecule has 2 heterocycles. The Kier molecular flexibility index (Phi) is 5.74. The van der Waals surface area contributed by atoms with Crippen LogP contribution in [0, 0.1) is 13.8 Å². The molecule has 0 spiro atoms. The Labute approximate surface area is 161 Å². The minimum atomic E-state index is 0.0783. The first-order chi connectivity index (χ1) is 12.0. The minimum Gasteiger partial charge on any atom is -0.336 e. The van der Waals surface area contributed by atoms with Crippen molar-refractivity contribution in [1.82, 2.24) is 4.90 Å². The van der Waals surface area contributed by atoms with E-state index >= 15 is 0 Å². The first-order valence-electron chi connectivity index (χ1n) is 8.61. The van der Waals surface area contributed by atoms with Gasteiger partial charge in [0.1, 0.15) is 0 Å². The predicted octanol–water partition coefficient (Wildman–Crippen LogP) is 5.45. The number of ketones is 1. The van der Waals surface area contributed by atoms with Crippen LogP contribution in [0.4, 0.5) is 0 Å². The van der Waals surface area contributed by atoms with Gasteiger partial charge in [0.05, 0.1) is 6.04 Å². The van der Waals surface area contributed by atoms with Crippen LogP contribution in [-0.2, 0) is 4.79 Å². The van der Waals surface area contributed by atoms with Crippen molar-refractivity contribution in [2.75, 3.05) is 6.54 Å². The zero-order valence-electron chi connectivity index (χ0n) is 14.5. The number of carbonyl (C=O) groups is 2. The molecule has 1 aromatic carbocycles. The lowest BCUT2D eigenvalue weighted by atomic mass is 10.0. The SMILES string of the molecule is Cc1cc(C(=O)CCC(=O)N2CCCC2c2ccc(Br)cc2)c(C)s1. The summed E-state index contributed by atoms with van der Waals surface area (Å²) in [5, 5.41) is 0. The van der Waals surface area contributed by atoms with Crippen molar-refractivity contribution >= 4 is 39.0 Å². The molecule has 1 atom stereocenters. The Hall–Kier alpha value is -1.46. The summed E-state index contributed by atoms with van der Waals surface area (Å²) >= 11 is 5.09. The summed E-state index contributed by atoms with van der Waals surface area (Å²) in [6.45, 7) is 4.76. The molecule has 0 aliphatic carbocycles. The maximum atomic E-state index is 12.7. The maximum absolute atomic E-state index is 12.7. The Morgan fingerprint density at radius 1 is 1.20 bits per heavy atom. The van der Waals surface area contributed by atoms with Gasteiger partial charge in [-0.1, -0.05) is 28.1 Å². The lowest BCUT2D eigenvalue weighted by molar-refractivity contribution is -0.132. The van der Waals surface area contributed by atoms with Crippen molar-refractivity contribution in [1.29, 1.82) is 0 Å². The van der Waals surface area contributed by atoms with E-state index in [0.29, 0.717) is 12.8 Å². The minimum absolute atomic E-state index is 0.0783. The van der Waals surface area contributed by atoms with Crippen LogP contribution in [0.1, 0.15) is 57.4 Å². The molecule has 0 saturated carbocycles. The molecule has 3 nitrogen and oxygen atoms in total. The van der Waals surface area contributed by atoms with E-state index in [1.807, 2.05) is 36.9 Å². The number of Topliss-reactive ketones (excluding diaryl/α,β-unsaturated/α-hetero) is 1. The molecule has 1 aromatic heterocycles. The number of rotatable bonds is 5. The molecule has 1 aliphatic rings. The number of thiophene rings is 1. The molecular formula is C20H22BrNO2S. The second-order valence-electron chi connectivity index (χ2n) is 6.55. The summed E-state index contributed by atoms with van der Waals surface area (Å²) in [5.41, 5.74) is 1.95. The van der Waals surface area contributed by atoms with E-state index in [4.69, 9.17) is 0 Å². The van der Waals surface area contributed by atoms with E-state index in [9.17, 15) is 9.59 Å². The number of hydrogen-bond acceptors (Lipinski definition) is 3. The van der Waals surface area contributed by atoms with E-state index in [1.54, 1.807) is 11.3 Å². The third-order valence-corrected chi connectivity index (χ3v) is 6.23. The van der Waals surface area contributed by atoms with Gasteiger partial charge in [0, 0.05) is 39.2 Å². The molecular weight excluding hydrogens is 398 g/mol. The molecule has 0 N–H and O–H groups in total. The third-order valence-electron chi connectivity index (χ3n) is 4.74. The van der Waals surface area contributed by atoms with Crippen LogP contribution in [-0.4, -0.2) is 23.1 Å². The molecule has 1 unspecified atom stereocenters. The van der Waals surface area contributed by atoms with Crippen molar-refractivity contribution in [3.05, 3.63) is 55.7 Å². The highest BCUT2D eigenvalue weighted by molar-refractivity contribution is 9.10. The number of benzene rings is 1. The fourth-order valence-corrected chi connectivity index (χ4v) is 4.71. The third kappa shape index (κ3) is 4.21. The second kappa shape index (κ2) is 7.83. The normalized spacial score (nSPS) is 17.1. The molecule has 3 rings (SSSR count). The van der Waals surface area contributed by atoms with Gasteiger partial charge in [-0.2, -0.15) is 0 Å². The molecule has 0 bridgehead atoms. The Morgan fingerprint density at radius 2 is 1.92 bits per heavy atom. The number of aryl methyl sites for hydroxylation is 2. The number of hydrogen-bond donors (Lipinski definition) is 0. The van der Waals surface area contributed by atoms with Crippen LogP contribution < -0.4 is 0 Å². The van der Waals surface area contributed by atoms with Gasteiger partial charge in [0.2, 0.25) is 5.91 Å². The van der Waals surface area contributed by atoms with Crippen molar-refractivity contribution < 1.29 is 9.59 Å². The van der Waals surface area contributed by atoms with Gasteiger partial charge in [0.25, 0.3) is 0 Å². The first-order valence-corrected chi connectivity index (χ1v) is 10.2. The van der Waals surface area contributed by atoms with Crippen molar-refractivity contribution in [2.45, 2.75) is 45.6 Å². The Morgan fingerprint density at radius 3 is 2.56 bits per heavy atom. The van der Waals surface area contributed by atoms with Crippen LogP contribution in [0.3, 0.4) is 0 Å². The molecule has 1 saturated heterocycles. The van der Waals surface area contributed by atoms with Crippen molar-refractivity contribution in [2.24, 2.45) is 0 Å². The van der Waals surface area contributed by atoms with Crippen LogP contribution in [0.5, 0.6) is 0 Å². The summed E-state index contributed by atoms with van der Waals surface area (Å²) in [6.07, 6.45) is 2.59. The largest absolute Gasteiger partial charge is 0.336 e. The number of carbonyl (C=O) groups excluding carboxylic acids is 2. The van der Waals surface area contributed by atoms with E-state index in [-0.39, 0.29) is 17.7 Å². The van der Waals surface area contributed by atoms with Gasteiger partial charge in [-0.15, -0.1) is 11.3 Å². The zero-order valence-corrected chi connectivity index (χ0v) is 17.0. The predicted molar refractivity (Wildman–Crippen MR) is 105 cm³/mol. The standard InChI is InChI=1S/C20H22BrNO2S/c1-13-12-17(14(2)25-13)19(23)9-10-20(24)22-11-3-4-18(22)15-5-7-16(21)8-6-15/h5-8,12,18H,3-4,9-11H2,1-2H3. The first kappa shape index (κ1) is 18.3. The lowest BCUT2D eigenvalue weighted by Crippen LogP contribution is -2.30. The Bertz CT molecular complexity index is 781. The quantitative estimate of drug-likeness (QED) is 0.603. The molecule has 2 aromatic rings. The summed E-state index contributed by atoms with van der Waals surface area (Å²) in [7, 11) is 0.